The quantitative estimate of drug-likeness (QED) is 0.163. The second-order valence-corrected chi connectivity index (χ2v) is 14.6. The zero-order valence-electron chi connectivity index (χ0n) is 30.9. The number of nitrogens with zero attached hydrogens (tertiary/aromatic N) is 4. The highest BCUT2D eigenvalue weighted by molar-refractivity contribution is 6.25. The van der Waals surface area contributed by atoms with E-state index in [-0.39, 0.29) is 0 Å². The van der Waals surface area contributed by atoms with E-state index in [9.17, 15) is 0 Å². The van der Waals surface area contributed by atoms with Crippen molar-refractivity contribution in [3.63, 3.8) is 0 Å². The molecule has 12 rings (SSSR count). The fourth-order valence-corrected chi connectivity index (χ4v) is 8.37. The molecule has 0 aliphatic rings. The maximum Gasteiger partial charge on any atom is 0.227 e. The lowest BCUT2D eigenvalue weighted by molar-refractivity contribution is 0.619. The summed E-state index contributed by atoms with van der Waals surface area (Å²) in [5.74, 6) is 2.35. The van der Waals surface area contributed by atoms with Crippen LogP contribution < -0.4 is 0 Å². The molecule has 0 saturated carbocycles. The lowest BCUT2D eigenvalue weighted by Gasteiger charge is -2.13. The van der Waals surface area contributed by atoms with Crippen LogP contribution in [0.3, 0.4) is 0 Å². The van der Waals surface area contributed by atoms with Gasteiger partial charge in [-0.15, -0.1) is 0 Å². The first-order valence-corrected chi connectivity index (χ1v) is 19.3. The third-order valence-corrected chi connectivity index (χ3v) is 11.1. The Labute approximate surface area is 331 Å². The summed E-state index contributed by atoms with van der Waals surface area (Å²) in [4.78, 5) is 20.8. The van der Waals surface area contributed by atoms with E-state index < -0.39 is 0 Å². The summed E-state index contributed by atoms with van der Waals surface area (Å²) in [6, 6.07) is 62.4. The molecule has 0 unspecified atom stereocenters. The van der Waals surface area contributed by atoms with Crippen LogP contribution in [0, 0.1) is 0 Å². The molecule has 6 heteroatoms. The van der Waals surface area contributed by atoms with Gasteiger partial charge in [-0.25, -0.2) is 19.9 Å². The Balaban J connectivity index is 1.10. The Morgan fingerprint density at radius 1 is 0.310 bits per heavy atom. The van der Waals surface area contributed by atoms with Crippen LogP contribution in [0.1, 0.15) is 0 Å². The molecule has 0 fully saturated rings. The van der Waals surface area contributed by atoms with Gasteiger partial charge in [0.15, 0.2) is 23.1 Å². The normalized spacial score (nSPS) is 11.8. The molecule has 0 radical (unpaired) electrons. The second-order valence-electron chi connectivity index (χ2n) is 14.6. The minimum atomic E-state index is 0.571. The van der Waals surface area contributed by atoms with Gasteiger partial charge in [0.25, 0.3) is 0 Å². The first kappa shape index (κ1) is 32.3. The number of aromatic nitrogens is 4. The maximum absolute atomic E-state index is 6.48. The number of hydrogen-bond donors (Lipinski definition) is 0. The summed E-state index contributed by atoms with van der Waals surface area (Å²) in [5.41, 5.74) is 8.84. The zero-order chi connectivity index (χ0) is 38.2. The van der Waals surface area contributed by atoms with Gasteiger partial charge < -0.3 is 8.83 Å². The van der Waals surface area contributed by atoms with Crippen LogP contribution in [0.5, 0.6) is 0 Å². The molecule has 0 atom stereocenters. The van der Waals surface area contributed by atoms with Gasteiger partial charge in [-0.3, -0.25) is 0 Å². The van der Waals surface area contributed by atoms with Crippen LogP contribution in [0.15, 0.2) is 191 Å². The Kier molecular flexibility index (Phi) is 7.13. The van der Waals surface area contributed by atoms with Gasteiger partial charge in [0.05, 0.1) is 5.39 Å². The van der Waals surface area contributed by atoms with Crippen molar-refractivity contribution >= 4 is 65.4 Å². The number of rotatable bonds is 5. The molecule has 3 heterocycles. The third-order valence-electron chi connectivity index (χ3n) is 11.1. The number of oxazole rings is 1. The molecular weight excluding hydrogens is 713 g/mol. The molecule has 270 valence electrons. The summed E-state index contributed by atoms with van der Waals surface area (Å²) >= 11 is 0. The van der Waals surface area contributed by atoms with E-state index >= 15 is 0 Å². The lowest BCUT2D eigenvalue weighted by Crippen LogP contribution is -2.01. The first-order chi connectivity index (χ1) is 28.7. The molecule has 0 saturated heterocycles. The summed E-state index contributed by atoms with van der Waals surface area (Å²) in [6.07, 6.45) is 0. The zero-order valence-corrected chi connectivity index (χ0v) is 30.9. The molecule has 9 aromatic carbocycles. The van der Waals surface area contributed by atoms with Crippen molar-refractivity contribution in [2.75, 3.05) is 0 Å². The van der Waals surface area contributed by atoms with Crippen molar-refractivity contribution in [3.8, 4) is 56.7 Å². The highest BCUT2D eigenvalue weighted by Gasteiger charge is 2.20. The van der Waals surface area contributed by atoms with E-state index in [2.05, 4.69) is 127 Å². The van der Waals surface area contributed by atoms with Crippen molar-refractivity contribution < 1.29 is 8.83 Å². The average Bonchev–Trinajstić information content (AvgIpc) is 3.91. The SMILES string of the molecule is c1ccc(-c2cccc(-c3nc(-c4ccc5ccc6oc7ccc8oc(-c9ccccc9)nc8c7c6c5c4)nc(-c4cc5ccccc5c5ccccc45)n3)c2)cc1. The third kappa shape index (κ3) is 5.20. The maximum atomic E-state index is 6.48. The Morgan fingerprint density at radius 3 is 1.74 bits per heavy atom. The van der Waals surface area contributed by atoms with E-state index in [1.54, 1.807) is 0 Å². The van der Waals surface area contributed by atoms with Crippen LogP contribution in [0.4, 0.5) is 0 Å². The number of fused-ring (bicyclic) bond motifs is 10. The van der Waals surface area contributed by atoms with E-state index in [0.29, 0.717) is 28.9 Å². The lowest BCUT2D eigenvalue weighted by atomic mass is 9.96. The monoisotopic (exact) mass is 742 g/mol. The van der Waals surface area contributed by atoms with Crippen LogP contribution in [0.2, 0.25) is 0 Å². The van der Waals surface area contributed by atoms with E-state index in [1.807, 2.05) is 54.6 Å². The van der Waals surface area contributed by atoms with E-state index in [1.165, 1.54) is 5.39 Å². The fourth-order valence-electron chi connectivity index (χ4n) is 8.37. The van der Waals surface area contributed by atoms with E-state index in [0.717, 1.165) is 87.8 Å². The fraction of sp³-hybridized carbons (Fsp3) is 0. The molecule has 3 aromatic heterocycles. The molecule has 0 N–H and O–H groups in total. The van der Waals surface area contributed by atoms with Crippen molar-refractivity contribution in [2.24, 2.45) is 0 Å². The summed E-state index contributed by atoms with van der Waals surface area (Å²) in [6.45, 7) is 0. The molecule has 0 aliphatic carbocycles. The molecule has 12 aromatic rings. The van der Waals surface area contributed by atoms with Gasteiger partial charge in [0.1, 0.15) is 16.7 Å². The smallest absolute Gasteiger partial charge is 0.227 e. The van der Waals surface area contributed by atoms with Gasteiger partial charge >= 0.3 is 0 Å². The van der Waals surface area contributed by atoms with E-state index in [4.69, 9.17) is 28.8 Å². The van der Waals surface area contributed by atoms with Gasteiger partial charge in [-0.1, -0.05) is 133 Å². The molecule has 6 nitrogen and oxygen atoms in total. The van der Waals surface area contributed by atoms with Crippen LogP contribution >= 0.6 is 0 Å². The predicted octanol–water partition coefficient (Wildman–Crippen LogP) is 13.7. The highest BCUT2D eigenvalue weighted by atomic mass is 16.4. The van der Waals surface area contributed by atoms with Gasteiger partial charge in [0.2, 0.25) is 5.89 Å². The van der Waals surface area contributed by atoms with Gasteiger partial charge in [-0.05, 0) is 92.0 Å². The Bertz CT molecular complexity index is 3570. The van der Waals surface area contributed by atoms with Crippen molar-refractivity contribution in [1.82, 2.24) is 19.9 Å². The van der Waals surface area contributed by atoms with Gasteiger partial charge in [-0.2, -0.15) is 0 Å². The topological polar surface area (TPSA) is 77.8 Å². The molecular formula is C52H30N4O2. The second kappa shape index (κ2) is 12.8. The van der Waals surface area contributed by atoms with Crippen LogP contribution in [0.25, 0.3) is 122 Å². The Morgan fingerprint density at radius 2 is 0.914 bits per heavy atom. The number of furan rings is 1. The van der Waals surface area contributed by atoms with Gasteiger partial charge in [0, 0.05) is 27.6 Å². The standard InChI is InChI=1S/C52H30N4O2/c1-3-12-31(13-4-1)34-17-11-18-36(28-34)49-54-50(56-51(55-49)42-29-35-16-7-8-19-38(35)39-20-9-10-21-40(39)42)37-23-22-32-24-25-43-46(41(32)30-37)47-44(57-43)26-27-45-48(47)53-52(58-45)33-14-5-2-6-15-33/h1-30H. The average molecular weight is 743 g/mol. The van der Waals surface area contributed by atoms with Crippen LogP contribution in [-0.2, 0) is 0 Å². The largest absolute Gasteiger partial charge is 0.456 e. The minimum absolute atomic E-state index is 0.571. The molecule has 0 aliphatic heterocycles. The van der Waals surface area contributed by atoms with Crippen molar-refractivity contribution in [3.05, 3.63) is 182 Å². The molecule has 0 amide bonds. The molecule has 0 spiro atoms. The van der Waals surface area contributed by atoms with Crippen LogP contribution in [-0.4, -0.2) is 19.9 Å². The van der Waals surface area contributed by atoms with Crippen molar-refractivity contribution in [2.45, 2.75) is 0 Å². The summed E-state index contributed by atoms with van der Waals surface area (Å²) in [7, 11) is 0. The summed E-state index contributed by atoms with van der Waals surface area (Å²) in [5, 5.41) is 8.51. The number of hydrogen-bond acceptors (Lipinski definition) is 6. The number of benzene rings is 9. The predicted molar refractivity (Wildman–Crippen MR) is 234 cm³/mol. The molecule has 0 bridgehead atoms. The highest BCUT2D eigenvalue weighted by Crippen LogP contribution is 2.41. The summed E-state index contributed by atoms with van der Waals surface area (Å²) < 4.78 is 12.8. The minimum Gasteiger partial charge on any atom is -0.456 e. The first-order valence-electron chi connectivity index (χ1n) is 19.3. The van der Waals surface area contributed by atoms with Crippen molar-refractivity contribution in [1.29, 1.82) is 0 Å². The molecule has 58 heavy (non-hydrogen) atoms. The Hall–Kier alpha value is -7.96.